The molecule has 0 spiro atoms. The zero-order chi connectivity index (χ0) is 15.4. The molecule has 1 aromatic heterocycles. The molecular weight excluding hydrogens is 266 g/mol. The predicted octanol–water partition coefficient (Wildman–Crippen LogP) is 2.73. The molecule has 0 aliphatic rings. The number of nitrogens with zero attached hydrogens (tertiary/aromatic N) is 2. The van der Waals surface area contributed by atoms with Crippen molar-refractivity contribution in [2.45, 2.75) is 27.7 Å². The molecular formula is C16H19N3O2. The zero-order valence-corrected chi connectivity index (χ0v) is 12.7. The number of aryl methyl sites for hydroxylation is 4. The van der Waals surface area contributed by atoms with E-state index in [1.165, 1.54) is 0 Å². The SMILES string of the molecule is Cc1cc(C)cc(OCC(=O)Nc2nc(C)cc(C)n2)c1. The second-order valence-corrected chi connectivity index (χ2v) is 5.13. The quantitative estimate of drug-likeness (QED) is 0.938. The number of aromatic nitrogens is 2. The van der Waals surface area contributed by atoms with Crippen LogP contribution in [0.1, 0.15) is 22.5 Å². The van der Waals surface area contributed by atoms with Gasteiger partial charge in [-0.15, -0.1) is 0 Å². The first-order chi connectivity index (χ1) is 9.92. The maximum Gasteiger partial charge on any atom is 0.264 e. The number of nitrogens with one attached hydrogen (secondary N) is 1. The van der Waals surface area contributed by atoms with Crippen molar-refractivity contribution < 1.29 is 9.53 Å². The molecule has 21 heavy (non-hydrogen) atoms. The highest BCUT2D eigenvalue weighted by atomic mass is 16.5. The Kier molecular flexibility index (Phi) is 4.52. The maximum atomic E-state index is 11.9. The van der Waals surface area contributed by atoms with Gasteiger partial charge in [0.25, 0.3) is 5.91 Å². The van der Waals surface area contributed by atoms with E-state index in [4.69, 9.17) is 4.74 Å². The van der Waals surface area contributed by atoms with Crippen molar-refractivity contribution in [3.63, 3.8) is 0 Å². The molecule has 1 heterocycles. The van der Waals surface area contributed by atoms with E-state index in [1.807, 2.05) is 45.9 Å². The summed E-state index contributed by atoms with van der Waals surface area (Å²) in [5.41, 5.74) is 3.83. The summed E-state index contributed by atoms with van der Waals surface area (Å²) in [4.78, 5) is 20.2. The molecule has 1 amide bonds. The highest BCUT2D eigenvalue weighted by molar-refractivity contribution is 5.90. The van der Waals surface area contributed by atoms with Crippen LogP contribution < -0.4 is 10.1 Å². The van der Waals surface area contributed by atoms with Crippen LogP contribution in [0.5, 0.6) is 5.75 Å². The first-order valence-electron chi connectivity index (χ1n) is 6.75. The molecule has 0 radical (unpaired) electrons. The van der Waals surface area contributed by atoms with Crippen LogP contribution in [0.3, 0.4) is 0 Å². The van der Waals surface area contributed by atoms with Crippen LogP contribution in [0.2, 0.25) is 0 Å². The van der Waals surface area contributed by atoms with Gasteiger partial charge in [-0.1, -0.05) is 6.07 Å². The van der Waals surface area contributed by atoms with Crippen molar-refractivity contribution in [3.8, 4) is 5.75 Å². The molecule has 0 saturated carbocycles. The average Bonchev–Trinajstić information content (AvgIpc) is 2.34. The lowest BCUT2D eigenvalue weighted by atomic mass is 10.1. The third-order valence-electron chi connectivity index (χ3n) is 2.80. The third-order valence-corrected chi connectivity index (χ3v) is 2.80. The van der Waals surface area contributed by atoms with Crippen molar-refractivity contribution in [3.05, 3.63) is 46.8 Å². The van der Waals surface area contributed by atoms with Gasteiger partial charge in [0.2, 0.25) is 5.95 Å². The van der Waals surface area contributed by atoms with Crippen LogP contribution in [0.15, 0.2) is 24.3 Å². The van der Waals surface area contributed by atoms with Gasteiger partial charge in [-0.05, 0) is 57.0 Å². The molecule has 0 atom stereocenters. The second-order valence-electron chi connectivity index (χ2n) is 5.13. The number of hydrogen-bond acceptors (Lipinski definition) is 4. The molecule has 0 saturated heterocycles. The van der Waals surface area contributed by atoms with Crippen LogP contribution in [0, 0.1) is 27.7 Å². The molecule has 110 valence electrons. The lowest BCUT2D eigenvalue weighted by Crippen LogP contribution is -2.21. The van der Waals surface area contributed by atoms with Gasteiger partial charge in [-0.25, -0.2) is 9.97 Å². The van der Waals surface area contributed by atoms with Crippen LogP contribution in [-0.4, -0.2) is 22.5 Å². The Morgan fingerprint density at radius 3 is 2.14 bits per heavy atom. The predicted molar refractivity (Wildman–Crippen MR) is 81.5 cm³/mol. The summed E-state index contributed by atoms with van der Waals surface area (Å²) in [6.07, 6.45) is 0. The van der Waals surface area contributed by atoms with E-state index in [0.717, 1.165) is 22.5 Å². The van der Waals surface area contributed by atoms with E-state index < -0.39 is 0 Å². The lowest BCUT2D eigenvalue weighted by molar-refractivity contribution is -0.118. The van der Waals surface area contributed by atoms with Crippen molar-refractivity contribution >= 4 is 11.9 Å². The molecule has 2 aromatic rings. The summed E-state index contributed by atoms with van der Waals surface area (Å²) in [5, 5.41) is 2.64. The minimum absolute atomic E-state index is 0.0702. The van der Waals surface area contributed by atoms with Gasteiger partial charge in [-0.2, -0.15) is 0 Å². The lowest BCUT2D eigenvalue weighted by Gasteiger charge is -2.09. The minimum atomic E-state index is -0.279. The molecule has 2 rings (SSSR count). The largest absolute Gasteiger partial charge is 0.484 e. The summed E-state index contributed by atoms with van der Waals surface area (Å²) >= 11 is 0. The molecule has 0 aliphatic heterocycles. The third kappa shape index (κ3) is 4.56. The molecule has 0 bridgehead atoms. The summed E-state index contributed by atoms with van der Waals surface area (Å²) in [6.45, 7) is 7.62. The number of rotatable bonds is 4. The zero-order valence-electron chi connectivity index (χ0n) is 12.7. The number of benzene rings is 1. The average molecular weight is 285 g/mol. The van der Waals surface area contributed by atoms with E-state index in [-0.39, 0.29) is 12.5 Å². The number of carbonyl (C=O) groups is 1. The maximum absolute atomic E-state index is 11.9. The summed E-state index contributed by atoms with van der Waals surface area (Å²) in [7, 11) is 0. The fourth-order valence-corrected chi connectivity index (χ4v) is 2.11. The molecule has 1 aromatic carbocycles. The van der Waals surface area contributed by atoms with Gasteiger partial charge >= 0.3 is 0 Å². The normalized spacial score (nSPS) is 10.3. The van der Waals surface area contributed by atoms with E-state index in [9.17, 15) is 4.79 Å². The number of carbonyl (C=O) groups excluding carboxylic acids is 1. The Hall–Kier alpha value is -2.43. The second kappa shape index (κ2) is 6.35. The van der Waals surface area contributed by atoms with Gasteiger partial charge in [0.05, 0.1) is 0 Å². The van der Waals surface area contributed by atoms with Crippen LogP contribution in [-0.2, 0) is 4.79 Å². The van der Waals surface area contributed by atoms with Crippen LogP contribution in [0.4, 0.5) is 5.95 Å². The fourth-order valence-electron chi connectivity index (χ4n) is 2.11. The first-order valence-corrected chi connectivity index (χ1v) is 6.75. The van der Waals surface area contributed by atoms with Gasteiger partial charge in [-0.3, -0.25) is 10.1 Å². The van der Waals surface area contributed by atoms with Crippen molar-refractivity contribution in [1.82, 2.24) is 9.97 Å². The van der Waals surface area contributed by atoms with Crippen LogP contribution in [0.25, 0.3) is 0 Å². The van der Waals surface area contributed by atoms with Gasteiger partial charge in [0, 0.05) is 11.4 Å². The van der Waals surface area contributed by atoms with Crippen molar-refractivity contribution in [1.29, 1.82) is 0 Å². The number of amides is 1. The monoisotopic (exact) mass is 285 g/mol. The van der Waals surface area contributed by atoms with E-state index >= 15 is 0 Å². The highest BCUT2D eigenvalue weighted by Gasteiger charge is 2.07. The van der Waals surface area contributed by atoms with E-state index in [0.29, 0.717) is 11.7 Å². The van der Waals surface area contributed by atoms with Crippen LogP contribution >= 0.6 is 0 Å². The molecule has 0 unspecified atom stereocenters. The standard InChI is InChI=1S/C16H19N3O2/c1-10-5-11(2)7-14(6-10)21-9-15(20)19-16-17-12(3)8-13(4)18-16/h5-8H,9H2,1-4H3,(H,17,18,19,20). The number of anilines is 1. The van der Waals surface area contributed by atoms with E-state index in [1.54, 1.807) is 0 Å². The Bertz CT molecular complexity index is 628. The first kappa shape index (κ1) is 15.0. The smallest absolute Gasteiger partial charge is 0.264 e. The molecule has 5 heteroatoms. The Balaban J connectivity index is 1.95. The molecule has 0 aliphatic carbocycles. The van der Waals surface area contributed by atoms with Crippen molar-refractivity contribution in [2.75, 3.05) is 11.9 Å². The van der Waals surface area contributed by atoms with E-state index in [2.05, 4.69) is 21.4 Å². The summed E-state index contributed by atoms with van der Waals surface area (Å²) < 4.78 is 5.49. The Labute approximate surface area is 124 Å². The molecule has 0 fully saturated rings. The van der Waals surface area contributed by atoms with Gasteiger partial charge < -0.3 is 4.74 Å². The van der Waals surface area contributed by atoms with Gasteiger partial charge in [0.15, 0.2) is 6.61 Å². The Morgan fingerprint density at radius 2 is 1.57 bits per heavy atom. The topological polar surface area (TPSA) is 64.1 Å². The summed E-state index contributed by atoms with van der Waals surface area (Å²) in [5.74, 6) is 0.713. The fraction of sp³-hybridized carbons (Fsp3) is 0.312. The Morgan fingerprint density at radius 1 is 1.00 bits per heavy atom. The molecule has 1 N–H and O–H groups in total. The molecule has 5 nitrogen and oxygen atoms in total. The number of ether oxygens (including phenoxy) is 1. The minimum Gasteiger partial charge on any atom is -0.484 e. The summed E-state index contributed by atoms with van der Waals surface area (Å²) in [6, 6.07) is 7.69. The highest BCUT2D eigenvalue weighted by Crippen LogP contribution is 2.16. The number of hydrogen-bond donors (Lipinski definition) is 1. The van der Waals surface area contributed by atoms with Gasteiger partial charge in [0.1, 0.15) is 5.75 Å². The van der Waals surface area contributed by atoms with Crippen molar-refractivity contribution in [2.24, 2.45) is 0 Å².